The van der Waals surface area contributed by atoms with Crippen LogP contribution in [0.25, 0.3) is 0 Å². The Bertz CT molecular complexity index is 226. The van der Waals surface area contributed by atoms with E-state index in [1.165, 1.54) is 18.7 Å². The van der Waals surface area contributed by atoms with Gasteiger partial charge in [0.1, 0.15) is 5.78 Å². The van der Waals surface area contributed by atoms with Gasteiger partial charge >= 0.3 is 0 Å². The van der Waals surface area contributed by atoms with Crippen LogP contribution in [-0.2, 0) is 14.4 Å². The molecule has 0 saturated carbocycles. The number of Topliss-reactive ketones (excluding diaryl/α,β-unsaturated/α-hetero) is 1. The Kier molecular flexibility index (Phi) is 7.89. The molecule has 0 rings (SSSR count). The first-order valence-electron chi connectivity index (χ1n) is 4.37. The van der Waals surface area contributed by atoms with Gasteiger partial charge in [-0.1, -0.05) is 30.4 Å². The van der Waals surface area contributed by atoms with Gasteiger partial charge in [0.05, 0.1) is 6.42 Å². The molecule has 14 heavy (non-hydrogen) atoms. The van der Waals surface area contributed by atoms with Crippen LogP contribution in [0.3, 0.4) is 0 Å². The van der Waals surface area contributed by atoms with E-state index in [-0.39, 0.29) is 22.4 Å². The van der Waals surface area contributed by atoms with Gasteiger partial charge in [0.15, 0.2) is 10.2 Å². The van der Waals surface area contributed by atoms with Crippen molar-refractivity contribution in [1.29, 1.82) is 0 Å². The van der Waals surface area contributed by atoms with Crippen molar-refractivity contribution >= 4 is 39.5 Å². The second-order valence-corrected chi connectivity index (χ2v) is 5.20. The van der Waals surface area contributed by atoms with Gasteiger partial charge in [-0.25, -0.2) is 0 Å². The summed E-state index contributed by atoms with van der Waals surface area (Å²) in [4.78, 5) is 32.7. The van der Waals surface area contributed by atoms with Crippen molar-refractivity contribution in [3.05, 3.63) is 0 Å². The molecule has 0 heterocycles. The minimum Gasteiger partial charge on any atom is -0.299 e. The number of carbonyl (C=O) groups excluding carboxylic acids is 3. The molecule has 0 fully saturated rings. The SMILES string of the molecule is CCSC(=O)CC(=O)CCSC(C)=O. The van der Waals surface area contributed by atoms with Gasteiger partial charge in [-0.2, -0.15) is 0 Å². The van der Waals surface area contributed by atoms with E-state index >= 15 is 0 Å². The van der Waals surface area contributed by atoms with Gasteiger partial charge in [0.2, 0.25) is 0 Å². The van der Waals surface area contributed by atoms with E-state index in [1.54, 1.807) is 0 Å². The molecule has 0 bridgehead atoms. The maximum Gasteiger partial charge on any atom is 0.196 e. The summed E-state index contributed by atoms with van der Waals surface area (Å²) in [6, 6.07) is 0. The maximum absolute atomic E-state index is 11.2. The molecule has 0 saturated heterocycles. The first-order valence-corrected chi connectivity index (χ1v) is 6.34. The predicted molar refractivity (Wildman–Crippen MR) is 60.5 cm³/mol. The Morgan fingerprint density at radius 2 is 1.79 bits per heavy atom. The molecule has 0 aliphatic carbocycles. The monoisotopic (exact) mass is 234 g/mol. The van der Waals surface area contributed by atoms with Crippen LogP contribution in [0.2, 0.25) is 0 Å². The average molecular weight is 234 g/mol. The normalized spacial score (nSPS) is 9.86. The van der Waals surface area contributed by atoms with Crippen LogP contribution in [0.15, 0.2) is 0 Å². The number of rotatable bonds is 6. The molecule has 0 radical (unpaired) electrons. The molecule has 0 aromatic carbocycles. The minimum absolute atomic E-state index is 0.00300. The van der Waals surface area contributed by atoms with Crippen molar-refractivity contribution in [2.75, 3.05) is 11.5 Å². The van der Waals surface area contributed by atoms with E-state index in [4.69, 9.17) is 0 Å². The van der Waals surface area contributed by atoms with Gasteiger partial charge in [0, 0.05) is 19.1 Å². The maximum atomic E-state index is 11.2. The average Bonchev–Trinajstić information content (AvgIpc) is 2.03. The Balaban J connectivity index is 3.55. The fraction of sp³-hybridized carbons (Fsp3) is 0.667. The lowest BCUT2D eigenvalue weighted by Gasteiger charge is -1.98. The lowest BCUT2D eigenvalue weighted by Crippen LogP contribution is -2.06. The zero-order chi connectivity index (χ0) is 11.0. The standard InChI is InChI=1S/C9H14O3S2/c1-3-13-9(12)6-8(11)4-5-14-7(2)10/h3-6H2,1-2H3. The molecule has 0 spiro atoms. The largest absolute Gasteiger partial charge is 0.299 e. The second-order valence-electron chi connectivity index (χ2n) is 2.61. The zero-order valence-corrected chi connectivity index (χ0v) is 10.0. The fourth-order valence-electron chi connectivity index (χ4n) is 0.770. The lowest BCUT2D eigenvalue weighted by molar-refractivity contribution is -0.122. The van der Waals surface area contributed by atoms with Gasteiger partial charge in [0.25, 0.3) is 0 Å². The highest BCUT2D eigenvalue weighted by atomic mass is 32.2. The summed E-state index contributed by atoms with van der Waals surface area (Å²) in [5.41, 5.74) is 0. The third-order valence-electron chi connectivity index (χ3n) is 1.33. The lowest BCUT2D eigenvalue weighted by atomic mass is 10.2. The van der Waals surface area contributed by atoms with Crippen LogP contribution in [0.5, 0.6) is 0 Å². The third kappa shape index (κ3) is 8.31. The minimum atomic E-state index is -0.0790. The van der Waals surface area contributed by atoms with Crippen LogP contribution in [-0.4, -0.2) is 27.5 Å². The summed E-state index contributed by atoms with van der Waals surface area (Å²) >= 11 is 2.29. The quantitative estimate of drug-likeness (QED) is 0.657. The van der Waals surface area contributed by atoms with Crippen molar-refractivity contribution in [1.82, 2.24) is 0 Å². The number of ketones is 1. The Morgan fingerprint density at radius 1 is 1.14 bits per heavy atom. The number of hydrogen-bond donors (Lipinski definition) is 0. The van der Waals surface area contributed by atoms with Crippen molar-refractivity contribution < 1.29 is 14.4 Å². The highest BCUT2D eigenvalue weighted by Gasteiger charge is 2.09. The Morgan fingerprint density at radius 3 is 2.29 bits per heavy atom. The molecule has 0 N–H and O–H groups in total. The third-order valence-corrected chi connectivity index (χ3v) is 2.90. The van der Waals surface area contributed by atoms with Crippen LogP contribution < -0.4 is 0 Å². The summed E-state index contributed by atoms with van der Waals surface area (Å²) in [6.07, 6.45) is 0.303. The van der Waals surface area contributed by atoms with Crippen LogP contribution in [0.1, 0.15) is 26.7 Å². The topological polar surface area (TPSA) is 51.2 Å². The molecule has 0 amide bonds. The van der Waals surface area contributed by atoms with E-state index in [1.807, 2.05) is 6.92 Å². The van der Waals surface area contributed by atoms with Crippen molar-refractivity contribution in [2.24, 2.45) is 0 Å². The van der Waals surface area contributed by atoms with Crippen molar-refractivity contribution in [2.45, 2.75) is 26.7 Å². The molecular formula is C9H14O3S2. The summed E-state index contributed by atoms with van der Waals surface area (Å²) in [7, 11) is 0. The molecular weight excluding hydrogens is 220 g/mol. The molecule has 0 aromatic rings. The smallest absolute Gasteiger partial charge is 0.196 e. The predicted octanol–water partition coefficient (Wildman–Crippen LogP) is 1.90. The number of hydrogen-bond acceptors (Lipinski definition) is 5. The van der Waals surface area contributed by atoms with E-state index in [9.17, 15) is 14.4 Å². The second kappa shape index (κ2) is 8.05. The summed E-state index contributed by atoms with van der Waals surface area (Å²) in [5.74, 6) is 1.11. The summed E-state index contributed by atoms with van der Waals surface area (Å²) < 4.78 is 0. The van der Waals surface area contributed by atoms with E-state index in [0.717, 1.165) is 11.8 Å². The van der Waals surface area contributed by atoms with Gasteiger partial charge in [-0.05, 0) is 5.75 Å². The van der Waals surface area contributed by atoms with Gasteiger partial charge < -0.3 is 0 Å². The van der Waals surface area contributed by atoms with Gasteiger partial charge in [-0.3, -0.25) is 14.4 Å². The molecule has 3 nitrogen and oxygen atoms in total. The first-order chi connectivity index (χ1) is 6.56. The van der Waals surface area contributed by atoms with Crippen LogP contribution >= 0.6 is 23.5 Å². The molecule has 0 atom stereocenters. The van der Waals surface area contributed by atoms with Crippen LogP contribution in [0, 0.1) is 0 Å². The molecule has 0 aliphatic rings. The zero-order valence-electron chi connectivity index (χ0n) is 8.37. The van der Waals surface area contributed by atoms with E-state index < -0.39 is 0 Å². The first kappa shape index (κ1) is 13.7. The highest BCUT2D eigenvalue weighted by molar-refractivity contribution is 8.13. The highest BCUT2D eigenvalue weighted by Crippen LogP contribution is 2.09. The molecule has 80 valence electrons. The molecule has 0 aliphatic heterocycles. The Hall–Kier alpha value is -0.290. The molecule has 5 heteroatoms. The van der Waals surface area contributed by atoms with Crippen LogP contribution in [0.4, 0.5) is 0 Å². The fourth-order valence-corrected chi connectivity index (χ4v) is 1.97. The number of thioether (sulfide) groups is 2. The van der Waals surface area contributed by atoms with Gasteiger partial charge in [-0.15, -0.1) is 0 Å². The van der Waals surface area contributed by atoms with E-state index in [2.05, 4.69) is 0 Å². The van der Waals surface area contributed by atoms with Crippen molar-refractivity contribution in [3.8, 4) is 0 Å². The van der Waals surface area contributed by atoms with Crippen molar-refractivity contribution in [3.63, 3.8) is 0 Å². The Labute approximate surface area is 92.4 Å². The summed E-state index contributed by atoms with van der Waals surface area (Å²) in [5, 5.41) is -0.0719. The summed E-state index contributed by atoms with van der Waals surface area (Å²) in [6.45, 7) is 3.34. The number of carbonyl (C=O) groups is 3. The van der Waals surface area contributed by atoms with E-state index in [0.29, 0.717) is 17.9 Å². The molecule has 0 aromatic heterocycles. The molecule has 0 unspecified atom stereocenters.